The van der Waals surface area contributed by atoms with Crippen LogP contribution in [0.1, 0.15) is 15.2 Å². The van der Waals surface area contributed by atoms with E-state index in [2.05, 4.69) is 17.0 Å². The van der Waals surface area contributed by atoms with E-state index in [1.165, 1.54) is 22.6 Å². The lowest BCUT2D eigenvalue weighted by atomic mass is 10.2. The summed E-state index contributed by atoms with van der Waals surface area (Å²) < 4.78 is 0. The zero-order valence-electron chi connectivity index (χ0n) is 9.09. The largest absolute Gasteiger partial charge is 0.477 e. The standard InChI is InChI=1S/C13H11NO2S/c15-13(16)11-5-6-12(17-11)14-8-7-9-3-1-2-4-10(9)14/h1-6H,7-8H2,(H,15,16). The van der Waals surface area contributed by atoms with Crippen molar-refractivity contribution in [3.63, 3.8) is 0 Å². The van der Waals surface area contributed by atoms with Crippen LogP contribution in [0.3, 0.4) is 0 Å². The number of carbonyl (C=O) groups is 1. The van der Waals surface area contributed by atoms with E-state index in [1.54, 1.807) is 6.07 Å². The first-order valence-electron chi connectivity index (χ1n) is 5.44. The molecule has 1 aromatic carbocycles. The predicted octanol–water partition coefficient (Wildman–Crippen LogP) is 3.14. The second-order valence-electron chi connectivity index (χ2n) is 3.97. The molecular formula is C13H11NO2S. The maximum atomic E-state index is 10.9. The van der Waals surface area contributed by atoms with Crippen molar-refractivity contribution in [1.29, 1.82) is 0 Å². The number of thiophene rings is 1. The number of hydrogen-bond acceptors (Lipinski definition) is 3. The minimum absolute atomic E-state index is 0.393. The van der Waals surface area contributed by atoms with Crippen LogP contribution in [0.15, 0.2) is 36.4 Å². The van der Waals surface area contributed by atoms with Gasteiger partial charge in [0.05, 0.1) is 5.00 Å². The molecule has 3 rings (SSSR count). The Morgan fingerprint density at radius 1 is 1.24 bits per heavy atom. The Labute approximate surface area is 103 Å². The van der Waals surface area contributed by atoms with Crippen LogP contribution in [-0.4, -0.2) is 17.6 Å². The summed E-state index contributed by atoms with van der Waals surface area (Å²) in [6.45, 7) is 0.929. The molecule has 0 spiro atoms. The van der Waals surface area contributed by atoms with Crippen LogP contribution < -0.4 is 4.90 Å². The number of anilines is 2. The molecule has 86 valence electrons. The normalized spacial score (nSPS) is 13.8. The first-order valence-corrected chi connectivity index (χ1v) is 6.26. The number of aromatic carboxylic acids is 1. The highest BCUT2D eigenvalue weighted by atomic mass is 32.1. The van der Waals surface area contributed by atoms with Crippen molar-refractivity contribution < 1.29 is 9.90 Å². The quantitative estimate of drug-likeness (QED) is 0.883. The summed E-state index contributed by atoms with van der Waals surface area (Å²) in [5, 5.41) is 9.93. The molecule has 0 saturated heterocycles. The monoisotopic (exact) mass is 245 g/mol. The van der Waals surface area contributed by atoms with Crippen LogP contribution >= 0.6 is 11.3 Å². The molecule has 3 nitrogen and oxygen atoms in total. The number of carboxylic acids is 1. The van der Waals surface area contributed by atoms with Gasteiger partial charge >= 0.3 is 5.97 Å². The van der Waals surface area contributed by atoms with Crippen molar-refractivity contribution in [3.8, 4) is 0 Å². The topological polar surface area (TPSA) is 40.5 Å². The fourth-order valence-electron chi connectivity index (χ4n) is 2.15. The van der Waals surface area contributed by atoms with Crippen molar-refractivity contribution in [2.75, 3.05) is 11.4 Å². The Balaban J connectivity index is 1.98. The van der Waals surface area contributed by atoms with Gasteiger partial charge in [-0.3, -0.25) is 0 Å². The van der Waals surface area contributed by atoms with Gasteiger partial charge in [-0.1, -0.05) is 18.2 Å². The van der Waals surface area contributed by atoms with Crippen LogP contribution in [0.2, 0.25) is 0 Å². The molecule has 2 heterocycles. The number of rotatable bonds is 2. The lowest BCUT2D eigenvalue weighted by Crippen LogP contribution is -2.11. The number of carboxylic acid groups (broad SMARTS) is 1. The Kier molecular flexibility index (Phi) is 2.37. The fourth-order valence-corrected chi connectivity index (χ4v) is 3.04. The van der Waals surface area contributed by atoms with Crippen LogP contribution in [0.5, 0.6) is 0 Å². The molecule has 0 aliphatic carbocycles. The number of para-hydroxylation sites is 1. The highest BCUT2D eigenvalue weighted by molar-refractivity contribution is 7.17. The number of nitrogens with zero attached hydrogens (tertiary/aromatic N) is 1. The van der Waals surface area contributed by atoms with Gasteiger partial charge in [0.15, 0.2) is 0 Å². The van der Waals surface area contributed by atoms with Crippen LogP contribution in [0, 0.1) is 0 Å². The van der Waals surface area contributed by atoms with Gasteiger partial charge in [0.2, 0.25) is 0 Å². The van der Waals surface area contributed by atoms with Gasteiger partial charge in [0.25, 0.3) is 0 Å². The van der Waals surface area contributed by atoms with Crippen molar-refractivity contribution in [1.82, 2.24) is 0 Å². The van der Waals surface area contributed by atoms with Gasteiger partial charge < -0.3 is 10.0 Å². The van der Waals surface area contributed by atoms with Gasteiger partial charge in [-0.05, 0) is 30.2 Å². The van der Waals surface area contributed by atoms with E-state index in [0.29, 0.717) is 4.88 Å². The lowest BCUT2D eigenvalue weighted by molar-refractivity contribution is 0.0702. The molecule has 1 aliphatic rings. The van der Waals surface area contributed by atoms with E-state index in [1.807, 2.05) is 18.2 Å². The van der Waals surface area contributed by atoms with E-state index in [0.717, 1.165) is 18.0 Å². The molecule has 0 bridgehead atoms. The van der Waals surface area contributed by atoms with E-state index in [4.69, 9.17) is 5.11 Å². The third kappa shape index (κ3) is 1.70. The maximum absolute atomic E-state index is 10.9. The second-order valence-corrected chi connectivity index (χ2v) is 5.04. The third-order valence-electron chi connectivity index (χ3n) is 2.96. The summed E-state index contributed by atoms with van der Waals surface area (Å²) >= 11 is 1.33. The van der Waals surface area contributed by atoms with E-state index in [-0.39, 0.29) is 0 Å². The summed E-state index contributed by atoms with van der Waals surface area (Å²) in [5.74, 6) is -0.853. The van der Waals surface area contributed by atoms with Gasteiger partial charge in [-0.2, -0.15) is 0 Å². The highest BCUT2D eigenvalue weighted by Crippen LogP contribution is 2.37. The predicted molar refractivity (Wildman–Crippen MR) is 68.4 cm³/mol. The third-order valence-corrected chi connectivity index (χ3v) is 4.05. The molecule has 0 fully saturated rings. The lowest BCUT2D eigenvalue weighted by Gasteiger charge is -2.16. The van der Waals surface area contributed by atoms with E-state index >= 15 is 0 Å². The van der Waals surface area contributed by atoms with Gasteiger partial charge in [-0.25, -0.2) is 4.79 Å². The molecule has 0 unspecified atom stereocenters. The minimum Gasteiger partial charge on any atom is -0.477 e. The van der Waals surface area contributed by atoms with Crippen molar-refractivity contribution in [3.05, 3.63) is 46.8 Å². The van der Waals surface area contributed by atoms with Gasteiger partial charge in [-0.15, -0.1) is 11.3 Å². The molecule has 4 heteroatoms. The molecule has 0 amide bonds. The molecule has 0 radical (unpaired) electrons. The molecular weight excluding hydrogens is 234 g/mol. The summed E-state index contributed by atoms with van der Waals surface area (Å²) in [6, 6.07) is 11.8. The molecule has 1 N–H and O–H groups in total. The Morgan fingerprint density at radius 2 is 2.06 bits per heavy atom. The van der Waals surface area contributed by atoms with Crippen LogP contribution in [0.4, 0.5) is 10.7 Å². The molecule has 1 aromatic heterocycles. The highest BCUT2D eigenvalue weighted by Gasteiger charge is 2.21. The molecule has 0 atom stereocenters. The van der Waals surface area contributed by atoms with E-state index in [9.17, 15) is 4.79 Å². The van der Waals surface area contributed by atoms with Crippen molar-refractivity contribution >= 4 is 28.0 Å². The van der Waals surface area contributed by atoms with Gasteiger partial charge in [0.1, 0.15) is 4.88 Å². The summed E-state index contributed by atoms with van der Waals surface area (Å²) in [6.07, 6.45) is 1.02. The molecule has 0 saturated carbocycles. The zero-order valence-corrected chi connectivity index (χ0v) is 9.91. The first-order chi connectivity index (χ1) is 8.25. The Morgan fingerprint density at radius 3 is 2.82 bits per heavy atom. The number of benzene rings is 1. The van der Waals surface area contributed by atoms with Gasteiger partial charge in [0, 0.05) is 12.2 Å². The molecule has 2 aromatic rings. The Hall–Kier alpha value is -1.81. The maximum Gasteiger partial charge on any atom is 0.345 e. The Bertz CT molecular complexity index is 576. The average Bonchev–Trinajstić information content (AvgIpc) is 2.95. The smallest absolute Gasteiger partial charge is 0.345 e. The molecule has 17 heavy (non-hydrogen) atoms. The van der Waals surface area contributed by atoms with Crippen LogP contribution in [0.25, 0.3) is 0 Å². The summed E-state index contributed by atoms with van der Waals surface area (Å²) in [4.78, 5) is 13.4. The SMILES string of the molecule is O=C(O)c1ccc(N2CCc3ccccc32)s1. The first kappa shape index (κ1) is 10.4. The fraction of sp³-hybridized carbons (Fsp3) is 0.154. The van der Waals surface area contributed by atoms with Crippen LogP contribution in [-0.2, 0) is 6.42 Å². The number of hydrogen-bond donors (Lipinski definition) is 1. The minimum atomic E-state index is -0.853. The summed E-state index contributed by atoms with van der Waals surface area (Å²) in [7, 11) is 0. The number of fused-ring (bicyclic) bond motifs is 1. The summed E-state index contributed by atoms with van der Waals surface area (Å²) in [5.41, 5.74) is 2.53. The zero-order chi connectivity index (χ0) is 11.8. The van der Waals surface area contributed by atoms with E-state index < -0.39 is 5.97 Å². The second kappa shape index (κ2) is 3.89. The average molecular weight is 245 g/mol. The molecule has 1 aliphatic heterocycles. The van der Waals surface area contributed by atoms with Crippen molar-refractivity contribution in [2.45, 2.75) is 6.42 Å². The van der Waals surface area contributed by atoms with Crippen molar-refractivity contribution in [2.24, 2.45) is 0 Å².